The highest BCUT2D eigenvalue weighted by Crippen LogP contribution is 2.06. The third-order valence-corrected chi connectivity index (χ3v) is 1.67. The zero-order valence-corrected chi connectivity index (χ0v) is 7.13. The van der Waals surface area contributed by atoms with Crippen molar-refractivity contribution in [3.05, 3.63) is 23.8 Å². The summed E-state index contributed by atoms with van der Waals surface area (Å²) in [5, 5.41) is 3.12. The molecular weight excluding hydrogens is 138 g/mol. The molecule has 0 aliphatic rings. The first kappa shape index (κ1) is 8.14. The maximum Gasteiger partial charge on any atom is 0.125 e. The van der Waals surface area contributed by atoms with Gasteiger partial charge < -0.3 is 5.32 Å². The van der Waals surface area contributed by atoms with E-state index in [0.29, 0.717) is 6.04 Å². The summed E-state index contributed by atoms with van der Waals surface area (Å²) >= 11 is 0. The molecule has 11 heavy (non-hydrogen) atoms. The molecule has 1 unspecified atom stereocenters. The smallest absolute Gasteiger partial charge is 0.125 e. The van der Waals surface area contributed by atoms with Gasteiger partial charge in [0.2, 0.25) is 0 Å². The van der Waals surface area contributed by atoms with Crippen molar-refractivity contribution in [1.29, 1.82) is 0 Å². The van der Waals surface area contributed by atoms with Crippen molar-refractivity contribution < 1.29 is 0 Å². The van der Waals surface area contributed by atoms with Gasteiger partial charge in [0.15, 0.2) is 0 Å². The molecule has 0 spiro atoms. The number of rotatable bonds is 2. The topological polar surface area (TPSA) is 37.8 Å². The summed E-state index contributed by atoms with van der Waals surface area (Å²) in [6, 6.07) is 2.23. The van der Waals surface area contributed by atoms with Crippen molar-refractivity contribution in [3.8, 4) is 0 Å². The lowest BCUT2D eigenvalue weighted by Crippen LogP contribution is -2.14. The Kier molecular flexibility index (Phi) is 2.54. The molecule has 0 saturated carbocycles. The maximum atomic E-state index is 4.27. The van der Waals surface area contributed by atoms with E-state index >= 15 is 0 Å². The molecule has 1 rings (SSSR count). The molecule has 3 nitrogen and oxygen atoms in total. The number of hydrogen-bond donors (Lipinski definition) is 1. The van der Waals surface area contributed by atoms with E-state index in [9.17, 15) is 0 Å². The van der Waals surface area contributed by atoms with Crippen LogP contribution in [0, 0.1) is 6.92 Å². The summed E-state index contributed by atoms with van der Waals surface area (Å²) in [4.78, 5) is 8.29. The Balaban J connectivity index is 2.86. The summed E-state index contributed by atoms with van der Waals surface area (Å²) in [6.07, 6.45) is 1.78. The highest BCUT2D eigenvalue weighted by atomic mass is 14.9. The van der Waals surface area contributed by atoms with Gasteiger partial charge in [-0.1, -0.05) is 0 Å². The van der Waals surface area contributed by atoms with Crippen LogP contribution in [0.1, 0.15) is 24.5 Å². The number of nitrogens with one attached hydrogen (secondary N) is 1. The first-order valence-corrected chi connectivity index (χ1v) is 3.71. The van der Waals surface area contributed by atoms with Crippen molar-refractivity contribution in [2.45, 2.75) is 19.9 Å². The van der Waals surface area contributed by atoms with Crippen LogP contribution in [0.5, 0.6) is 0 Å². The predicted octanol–water partition coefficient (Wildman–Crippen LogP) is 1.07. The largest absolute Gasteiger partial charge is 0.312 e. The molecule has 1 heterocycles. The van der Waals surface area contributed by atoms with Crippen LogP contribution in [0.3, 0.4) is 0 Å². The molecule has 1 N–H and O–H groups in total. The second kappa shape index (κ2) is 3.44. The lowest BCUT2D eigenvalue weighted by molar-refractivity contribution is 0.627. The average molecular weight is 151 g/mol. The van der Waals surface area contributed by atoms with Crippen LogP contribution in [0.2, 0.25) is 0 Å². The number of aryl methyl sites for hydroxylation is 1. The summed E-state index contributed by atoms with van der Waals surface area (Å²) in [7, 11) is 1.92. The van der Waals surface area contributed by atoms with Crippen molar-refractivity contribution in [2.75, 3.05) is 7.05 Å². The zero-order chi connectivity index (χ0) is 8.27. The molecule has 1 aromatic heterocycles. The van der Waals surface area contributed by atoms with E-state index in [1.807, 2.05) is 20.0 Å². The van der Waals surface area contributed by atoms with Crippen molar-refractivity contribution in [1.82, 2.24) is 15.3 Å². The van der Waals surface area contributed by atoms with Gasteiger partial charge in [0.1, 0.15) is 5.82 Å². The number of nitrogens with zero attached hydrogens (tertiary/aromatic N) is 2. The van der Waals surface area contributed by atoms with Crippen LogP contribution < -0.4 is 5.32 Å². The first-order chi connectivity index (χ1) is 5.24. The van der Waals surface area contributed by atoms with Gasteiger partial charge in [-0.25, -0.2) is 9.97 Å². The van der Waals surface area contributed by atoms with Crippen LogP contribution in [0.15, 0.2) is 12.3 Å². The van der Waals surface area contributed by atoms with Gasteiger partial charge >= 0.3 is 0 Å². The predicted molar refractivity (Wildman–Crippen MR) is 44.2 cm³/mol. The van der Waals surface area contributed by atoms with E-state index in [2.05, 4.69) is 22.2 Å². The quantitative estimate of drug-likeness (QED) is 0.687. The molecule has 0 saturated heterocycles. The third kappa shape index (κ3) is 1.98. The minimum Gasteiger partial charge on any atom is -0.312 e. The lowest BCUT2D eigenvalue weighted by atomic mass is 10.2. The molecule has 0 aliphatic heterocycles. The molecular formula is C8H13N3. The second-order valence-electron chi connectivity index (χ2n) is 2.54. The average Bonchev–Trinajstić information content (AvgIpc) is 2.03. The van der Waals surface area contributed by atoms with Crippen molar-refractivity contribution in [3.63, 3.8) is 0 Å². The Bertz CT molecular complexity index is 235. The maximum absolute atomic E-state index is 4.27. The van der Waals surface area contributed by atoms with Crippen LogP contribution in [-0.2, 0) is 0 Å². The Morgan fingerprint density at radius 1 is 1.55 bits per heavy atom. The van der Waals surface area contributed by atoms with E-state index < -0.39 is 0 Å². The van der Waals surface area contributed by atoms with Crippen LogP contribution in [0.4, 0.5) is 0 Å². The fourth-order valence-corrected chi connectivity index (χ4v) is 0.864. The van der Waals surface area contributed by atoms with E-state index in [1.165, 1.54) is 0 Å². The van der Waals surface area contributed by atoms with Crippen LogP contribution in [0.25, 0.3) is 0 Å². The van der Waals surface area contributed by atoms with E-state index in [4.69, 9.17) is 0 Å². The van der Waals surface area contributed by atoms with Gasteiger partial charge in [0.05, 0.1) is 5.69 Å². The molecule has 3 heteroatoms. The Labute approximate surface area is 66.9 Å². The number of aromatic nitrogens is 2. The lowest BCUT2D eigenvalue weighted by Gasteiger charge is -2.08. The molecule has 60 valence electrons. The zero-order valence-electron chi connectivity index (χ0n) is 7.13. The fraction of sp³-hybridized carbons (Fsp3) is 0.500. The molecule has 0 aromatic carbocycles. The SMILES string of the molecule is CNC(C)c1ccnc(C)n1. The minimum absolute atomic E-state index is 0.302. The standard InChI is InChI=1S/C8H13N3/c1-6(9-3)8-4-5-10-7(2)11-8/h4-6,9H,1-3H3. The Hall–Kier alpha value is -0.960. The number of hydrogen-bond acceptors (Lipinski definition) is 3. The monoisotopic (exact) mass is 151 g/mol. The fourth-order valence-electron chi connectivity index (χ4n) is 0.864. The molecule has 1 atom stereocenters. The van der Waals surface area contributed by atoms with Gasteiger partial charge in [-0.2, -0.15) is 0 Å². The Morgan fingerprint density at radius 2 is 2.27 bits per heavy atom. The highest BCUT2D eigenvalue weighted by molar-refractivity contribution is 5.05. The van der Waals surface area contributed by atoms with Crippen molar-refractivity contribution >= 4 is 0 Å². The summed E-state index contributed by atoms with van der Waals surface area (Å²) < 4.78 is 0. The van der Waals surface area contributed by atoms with E-state index in [1.54, 1.807) is 6.20 Å². The van der Waals surface area contributed by atoms with Gasteiger partial charge in [0, 0.05) is 12.2 Å². The Morgan fingerprint density at radius 3 is 2.82 bits per heavy atom. The minimum atomic E-state index is 0.302. The van der Waals surface area contributed by atoms with Gasteiger partial charge in [0.25, 0.3) is 0 Å². The summed E-state index contributed by atoms with van der Waals surface area (Å²) in [6.45, 7) is 3.97. The molecule has 1 aromatic rings. The van der Waals surface area contributed by atoms with E-state index in [-0.39, 0.29) is 0 Å². The van der Waals surface area contributed by atoms with Crippen LogP contribution in [-0.4, -0.2) is 17.0 Å². The first-order valence-electron chi connectivity index (χ1n) is 3.71. The second-order valence-corrected chi connectivity index (χ2v) is 2.54. The van der Waals surface area contributed by atoms with Crippen LogP contribution >= 0.6 is 0 Å². The van der Waals surface area contributed by atoms with Gasteiger partial charge in [-0.05, 0) is 27.0 Å². The summed E-state index contributed by atoms with van der Waals surface area (Å²) in [5.41, 5.74) is 1.04. The van der Waals surface area contributed by atoms with E-state index in [0.717, 1.165) is 11.5 Å². The molecule has 0 fully saturated rings. The summed E-state index contributed by atoms with van der Waals surface area (Å²) in [5.74, 6) is 0.824. The molecule has 0 bridgehead atoms. The molecule has 0 amide bonds. The van der Waals surface area contributed by atoms with Gasteiger partial charge in [-0.3, -0.25) is 0 Å². The van der Waals surface area contributed by atoms with Crippen molar-refractivity contribution in [2.24, 2.45) is 0 Å². The third-order valence-electron chi connectivity index (χ3n) is 1.67. The normalized spacial score (nSPS) is 13.0. The molecule has 0 radical (unpaired) electrons. The van der Waals surface area contributed by atoms with Gasteiger partial charge in [-0.15, -0.1) is 0 Å². The molecule has 0 aliphatic carbocycles. The highest BCUT2D eigenvalue weighted by Gasteiger charge is 2.02.